The van der Waals surface area contributed by atoms with Crippen molar-refractivity contribution in [3.63, 3.8) is 0 Å². The van der Waals surface area contributed by atoms with Crippen molar-refractivity contribution in [2.45, 2.75) is 25.7 Å². The molecule has 0 aliphatic heterocycles. The highest BCUT2D eigenvalue weighted by molar-refractivity contribution is 9.10. The number of carboxylic acid groups (broad SMARTS) is 1. The Labute approximate surface area is 97.4 Å². The molecule has 0 radical (unpaired) electrons. The highest BCUT2D eigenvalue weighted by atomic mass is 79.9. The van der Waals surface area contributed by atoms with E-state index in [4.69, 9.17) is 0 Å². The van der Waals surface area contributed by atoms with E-state index in [0.717, 1.165) is 28.4 Å². The molecular weight excluding hydrogens is 256 g/mol. The first-order chi connectivity index (χ1) is 7.09. The first kappa shape index (κ1) is 10.7. The molecule has 0 bridgehead atoms. The Morgan fingerprint density at radius 1 is 1.53 bits per heavy atom. The lowest BCUT2D eigenvalue weighted by atomic mass is 9.93. The molecule has 0 spiro atoms. The predicted molar refractivity (Wildman–Crippen MR) is 62.0 cm³/mol. The molecule has 0 aromatic heterocycles. The van der Waals surface area contributed by atoms with Gasteiger partial charge in [-0.1, -0.05) is 33.6 Å². The molecule has 3 heteroatoms. The largest absolute Gasteiger partial charge is 0.481 e. The SMILES string of the molecule is Cc1ccc(Br)c(C(C(=O)O)C2CC2)c1. The second-order valence-corrected chi connectivity index (χ2v) is 5.03. The minimum atomic E-state index is -0.705. The molecule has 1 N–H and O–H groups in total. The third kappa shape index (κ3) is 2.23. The second kappa shape index (κ2) is 3.97. The fraction of sp³-hybridized carbons (Fsp3) is 0.417. The minimum Gasteiger partial charge on any atom is -0.481 e. The molecule has 15 heavy (non-hydrogen) atoms. The van der Waals surface area contributed by atoms with Crippen LogP contribution in [0.3, 0.4) is 0 Å². The van der Waals surface area contributed by atoms with Crippen LogP contribution in [0.5, 0.6) is 0 Å². The number of aliphatic carboxylic acids is 1. The molecule has 80 valence electrons. The second-order valence-electron chi connectivity index (χ2n) is 4.18. The van der Waals surface area contributed by atoms with E-state index in [0.29, 0.717) is 5.92 Å². The number of halogens is 1. The number of aryl methyl sites for hydroxylation is 1. The highest BCUT2D eigenvalue weighted by Crippen LogP contribution is 2.44. The summed E-state index contributed by atoms with van der Waals surface area (Å²) in [6.45, 7) is 1.99. The number of carboxylic acids is 1. The number of benzene rings is 1. The predicted octanol–water partition coefficient (Wildman–Crippen LogP) is 3.34. The van der Waals surface area contributed by atoms with E-state index in [-0.39, 0.29) is 5.92 Å². The van der Waals surface area contributed by atoms with Crippen LogP contribution in [0.25, 0.3) is 0 Å². The quantitative estimate of drug-likeness (QED) is 0.913. The standard InChI is InChI=1S/C12H13BrO2/c1-7-2-5-10(13)9(6-7)11(12(14)15)8-3-4-8/h2,5-6,8,11H,3-4H2,1H3,(H,14,15). The number of hydrogen-bond acceptors (Lipinski definition) is 1. The lowest BCUT2D eigenvalue weighted by molar-refractivity contribution is -0.139. The molecule has 1 aromatic carbocycles. The van der Waals surface area contributed by atoms with Crippen LogP contribution in [0, 0.1) is 12.8 Å². The Morgan fingerprint density at radius 3 is 2.73 bits per heavy atom. The summed E-state index contributed by atoms with van der Waals surface area (Å²) in [7, 11) is 0. The summed E-state index contributed by atoms with van der Waals surface area (Å²) in [5.41, 5.74) is 2.03. The van der Waals surface area contributed by atoms with Gasteiger partial charge in [0.25, 0.3) is 0 Å². The topological polar surface area (TPSA) is 37.3 Å². The molecule has 2 rings (SSSR count). The van der Waals surface area contributed by atoms with Crippen molar-refractivity contribution in [3.05, 3.63) is 33.8 Å². The third-order valence-electron chi connectivity index (χ3n) is 2.85. The zero-order valence-electron chi connectivity index (χ0n) is 8.53. The van der Waals surface area contributed by atoms with Gasteiger partial charge in [0.05, 0.1) is 5.92 Å². The van der Waals surface area contributed by atoms with Gasteiger partial charge in [-0.15, -0.1) is 0 Å². The molecular formula is C12H13BrO2. The first-order valence-corrected chi connectivity index (χ1v) is 5.87. The van der Waals surface area contributed by atoms with Crippen LogP contribution in [0.1, 0.15) is 29.9 Å². The van der Waals surface area contributed by atoms with Crippen molar-refractivity contribution in [2.75, 3.05) is 0 Å². The number of hydrogen-bond donors (Lipinski definition) is 1. The van der Waals surface area contributed by atoms with Gasteiger partial charge in [0.15, 0.2) is 0 Å². The van der Waals surface area contributed by atoms with Gasteiger partial charge in [-0.3, -0.25) is 4.79 Å². The van der Waals surface area contributed by atoms with Crippen LogP contribution in [-0.2, 0) is 4.79 Å². The Balaban J connectivity index is 2.40. The minimum absolute atomic E-state index is 0.334. The van der Waals surface area contributed by atoms with E-state index in [2.05, 4.69) is 15.9 Å². The molecule has 0 amide bonds. The molecule has 1 fully saturated rings. The Kier molecular flexibility index (Phi) is 2.83. The maximum Gasteiger partial charge on any atom is 0.311 e. The molecule has 1 saturated carbocycles. The molecule has 0 heterocycles. The van der Waals surface area contributed by atoms with Crippen molar-refractivity contribution in [1.29, 1.82) is 0 Å². The van der Waals surface area contributed by atoms with Crippen LogP contribution < -0.4 is 0 Å². The smallest absolute Gasteiger partial charge is 0.311 e. The third-order valence-corrected chi connectivity index (χ3v) is 3.57. The van der Waals surface area contributed by atoms with Gasteiger partial charge in [-0.25, -0.2) is 0 Å². The van der Waals surface area contributed by atoms with Crippen molar-refractivity contribution in [2.24, 2.45) is 5.92 Å². The number of carbonyl (C=O) groups is 1. The van der Waals surface area contributed by atoms with E-state index in [1.165, 1.54) is 0 Å². The van der Waals surface area contributed by atoms with Crippen LogP contribution in [-0.4, -0.2) is 11.1 Å². The molecule has 1 aliphatic rings. The Hall–Kier alpha value is -0.830. The van der Waals surface area contributed by atoms with Crippen LogP contribution in [0.15, 0.2) is 22.7 Å². The summed E-state index contributed by atoms with van der Waals surface area (Å²) in [5.74, 6) is -0.705. The summed E-state index contributed by atoms with van der Waals surface area (Å²) in [5, 5.41) is 9.23. The summed E-state index contributed by atoms with van der Waals surface area (Å²) in [6.07, 6.45) is 2.08. The van der Waals surface area contributed by atoms with Crippen LogP contribution >= 0.6 is 15.9 Å². The van der Waals surface area contributed by atoms with E-state index in [1.807, 2.05) is 25.1 Å². The zero-order chi connectivity index (χ0) is 11.0. The van der Waals surface area contributed by atoms with Gasteiger partial charge >= 0.3 is 5.97 Å². The molecule has 1 aliphatic carbocycles. The van der Waals surface area contributed by atoms with Gasteiger partial charge in [0.1, 0.15) is 0 Å². The maximum absolute atomic E-state index is 11.2. The Morgan fingerprint density at radius 2 is 2.20 bits per heavy atom. The first-order valence-electron chi connectivity index (χ1n) is 5.08. The van der Waals surface area contributed by atoms with E-state index < -0.39 is 5.97 Å². The summed E-state index contributed by atoms with van der Waals surface area (Å²) < 4.78 is 0.910. The average Bonchev–Trinajstić information content (AvgIpc) is 2.95. The lowest BCUT2D eigenvalue weighted by Crippen LogP contribution is -2.14. The van der Waals surface area contributed by atoms with Gasteiger partial charge < -0.3 is 5.11 Å². The monoisotopic (exact) mass is 268 g/mol. The van der Waals surface area contributed by atoms with Crippen molar-refractivity contribution < 1.29 is 9.90 Å². The average molecular weight is 269 g/mol. The normalized spacial score (nSPS) is 17.5. The molecule has 1 aromatic rings. The molecule has 2 nitrogen and oxygen atoms in total. The van der Waals surface area contributed by atoms with Crippen molar-refractivity contribution >= 4 is 21.9 Å². The molecule has 0 saturated heterocycles. The fourth-order valence-electron chi connectivity index (χ4n) is 1.92. The van der Waals surface area contributed by atoms with Crippen LogP contribution in [0.4, 0.5) is 0 Å². The fourth-order valence-corrected chi connectivity index (χ4v) is 2.41. The maximum atomic E-state index is 11.2. The van der Waals surface area contributed by atoms with Gasteiger partial charge in [-0.2, -0.15) is 0 Å². The van der Waals surface area contributed by atoms with Crippen LogP contribution in [0.2, 0.25) is 0 Å². The van der Waals surface area contributed by atoms with Crippen molar-refractivity contribution in [3.8, 4) is 0 Å². The van der Waals surface area contributed by atoms with Gasteiger partial charge in [0, 0.05) is 4.47 Å². The Bertz CT molecular complexity index is 397. The van der Waals surface area contributed by atoms with Gasteiger partial charge in [0.2, 0.25) is 0 Å². The summed E-state index contributed by atoms with van der Waals surface area (Å²) in [4.78, 5) is 11.2. The highest BCUT2D eigenvalue weighted by Gasteiger charge is 2.38. The van der Waals surface area contributed by atoms with E-state index >= 15 is 0 Å². The molecule has 1 atom stereocenters. The molecule has 1 unspecified atom stereocenters. The summed E-state index contributed by atoms with van der Waals surface area (Å²) >= 11 is 3.43. The van der Waals surface area contributed by atoms with Gasteiger partial charge in [-0.05, 0) is 37.3 Å². The van der Waals surface area contributed by atoms with E-state index in [1.54, 1.807) is 0 Å². The van der Waals surface area contributed by atoms with E-state index in [9.17, 15) is 9.90 Å². The summed E-state index contributed by atoms with van der Waals surface area (Å²) in [6, 6.07) is 5.89. The lowest BCUT2D eigenvalue weighted by Gasteiger charge is -2.14. The number of rotatable bonds is 3. The zero-order valence-corrected chi connectivity index (χ0v) is 10.1. The van der Waals surface area contributed by atoms with Crippen molar-refractivity contribution in [1.82, 2.24) is 0 Å².